The summed E-state index contributed by atoms with van der Waals surface area (Å²) in [4.78, 5) is 0. The highest BCUT2D eigenvalue weighted by atomic mass is 15.0. The number of aryl methyl sites for hydroxylation is 4. The van der Waals surface area contributed by atoms with Crippen molar-refractivity contribution in [3.8, 4) is 0 Å². The molecule has 0 saturated heterocycles. The van der Waals surface area contributed by atoms with Crippen LogP contribution in [0.1, 0.15) is 141 Å². The molecule has 2 aromatic heterocycles. The van der Waals surface area contributed by atoms with Gasteiger partial charge in [0.1, 0.15) is 13.1 Å². The summed E-state index contributed by atoms with van der Waals surface area (Å²) in [6.07, 6.45) is 31.9. The molecule has 0 unspecified atom stereocenters. The fourth-order valence-electron chi connectivity index (χ4n) is 5.36. The summed E-state index contributed by atoms with van der Waals surface area (Å²) in [5.74, 6) is 0. The van der Waals surface area contributed by atoms with Crippen LogP contribution in [-0.2, 0) is 25.9 Å². The number of pyridine rings is 2. The van der Waals surface area contributed by atoms with Gasteiger partial charge in [0.05, 0.1) is 0 Å². The lowest BCUT2D eigenvalue weighted by Gasteiger charge is -2.06. The van der Waals surface area contributed by atoms with Crippen LogP contribution in [0.2, 0.25) is 0 Å². The Bertz CT molecular complexity index is 704. The van der Waals surface area contributed by atoms with Gasteiger partial charge in [-0.05, 0) is 12.8 Å². The quantitative estimate of drug-likeness (QED) is 0.107. The van der Waals surface area contributed by atoms with Crippen LogP contribution in [0.15, 0.2) is 48.8 Å². The third-order valence-electron chi connectivity index (χ3n) is 7.69. The monoisotopic (exact) mass is 494 g/mol. The van der Waals surface area contributed by atoms with E-state index in [1.807, 2.05) is 0 Å². The number of rotatable bonds is 23. The standard InChI is InChI=1S/C34H58N2/c1-3-5-7-9-11-13-15-17-25-33-27-19-21-29-35(33)31-23-24-32-36-30-22-20-28-34(36)26-18-16-14-12-10-8-6-4-2/h19-22,27-30H,3-18,23-26,31-32H2,1-2H3/q+2. The Labute approximate surface area is 224 Å². The average Bonchev–Trinajstić information content (AvgIpc) is 2.91. The molecule has 0 aliphatic carbocycles. The maximum atomic E-state index is 2.51. The highest BCUT2D eigenvalue weighted by Gasteiger charge is 2.12. The van der Waals surface area contributed by atoms with Crippen molar-refractivity contribution in [3.05, 3.63) is 60.2 Å². The number of hydrogen-bond donors (Lipinski definition) is 0. The molecule has 0 aliphatic heterocycles. The van der Waals surface area contributed by atoms with Gasteiger partial charge in [-0.2, -0.15) is 0 Å². The van der Waals surface area contributed by atoms with Crippen LogP contribution in [0.3, 0.4) is 0 Å². The number of hydrogen-bond acceptors (Lipinski definition) is 0. The van der Waals surface area contributed by atoms with Crippen LogP contribution >= 0.6 is 0 Å². The third kappa shape index (κ3) is 14.1. The minimum absolute atomic E-state index is 1.15. The van der Waals surface area contributed by atoms with Crippen molar-refractivity contribution in [1.82, 2.24) is 0 Å². The van der Waals surface area contributed by atoms with E-state index in [9.17, 15) is 0 Å². The van der Waals surface area contributed by atoms with Gasteiger partial charge in [0.25, 0.3) is 0 Å². The van der Waals surface area contributed by atoms with Gasteiger partial charge in [-0.25, -0.2) is 9.13 Å². The predicted molar refractivity (Wildman–Crippen MR) is 155 cm³/mol. The van der Waals surface area contributed by atoms with Crippen LogP contribution in [0.5, 0.6) is 0 Å². The summed E-state index contributed by atoms with van der Waals surface area (Å²) in [6.45, 7) is 6.89. The first-order valence-electron chi connectivity index (χ1n) is 15.8. The van der Waals surface area contributed by atoms with Crippen LogP contribution in [0, 0.1) is 0 Å². The Morgan fingerprint density at radius 2 is 0.778 bits per heavy atom. The van der Waals surface area contributed by atoms with Crippen LogP contribution in [0.25, 0.3) is 0 Å². The highest BCUT2D eigenvalue weighted by Crippen LogP contribution is 2.11. The van der Waals surface area contributed by atoms with Crippen LogP contribution in [-0.4, -0.2) is 0 Å². The van der Waals surface area contributed by atoms with Gasteiger partial charge in [-0.3, -0.25) is 0 Å². The Balaban J connectivity index is 1.63. The summed E-state index contributed by atoms with van der Waals surface area (Å²) in [5.41, 5.74) is 3.04. The molecule has 0 aromatic carbocycles. The molecule has 0 saturated carbocycles. The molecule has 2 nitrogen and oxygen atoms in total. The summed E-state index contributed by atoms with van der Waals surface area (Å²) < 4.78 is 5.02. The first-order valence-corrected chi connectivity index (χ1v) is 15.8. The van der Waals surface area contributed by atoms with Gasteiger partial charge < -0.3 is 0 Å². The molecule has 202 valence electrons. The SMILES string of the molecule is CCCCCCCCCCc1cccc[n+]1CCCC[n+]1ccccc1CCCCCCCCCC. The second kappa shape index (κ2) is 21.4. The van der Waals surface area contributed by atoms with Crippen molar-refractivity contribution in [2.24, 2.45) is 0 Å². The minimum Gasteiger partial charge on any atom is -0.202 e. The van der Waals surface area contributed by atoms with Gasteiger partial charge in [0.15, 0.2) is 23.8 Å². The normalized spacial score (nSPS) is 11.3. The number of aromatic nitrogens is 2. The Morgan fingerprint density at radius 3 is 1.17 bits per heavy atom. The third-order valence-corrected chi connectivity index (χ3v) is 7.69. The van der Waals surface area contributed by atoms with Crippen molar-refractivity contribution < 1.29 is 9.13 Å². The summed E-state index contributed by atoms with van der Waals surface area (Å²) in [6, 6.07) is 13.5. The van der Waals surface area contributed by atoms with Crippen molar-refractivity contribution in [2.75, 3.05) is 0 Å². The van der Waals surface area contributed by atoms with Gasteiger partial charge >= 0.3 is 0 Å². The lowest BCUT2D eigenvalue weighted by Crippen LogP contribution is -2.40. The molecule has 36 heavy (non-hydrogen) atoms. The Hall–Kier alpha value is -1.70. The Morgan fingerprint density at radius 1 is 0.417 bits per heavy atom. The largest absolute Gasteiger partial charge is 0.202 e. The Kier molecular flexibility index (Phi) is 18.1. The molecule has 0 amide bonds. The van der Waals surface area contributed by atoms with E-state index in [-0.39, 0.29) is 0 Å². The highest BCUT2D eigenvalue weighted by molar-refractivity contribution is 4.98. The van der Waals surface area contributed by atoms with E-state index >= 15 is 0 Å². The molecular weight excluding hydrogens is 436 g/mol. The number of nitrogens with zero attached hydrogens (tertiary/aromatic N) is 2. The molecule has 0 spiro atoms. The lowest BCUT2D eigenvalue weighted by atomic mass is 10.1. The first-order chi connectivity index (χ1) is 17.8. The van der Waals surface area contributed by atoms with Crippen molar-refractivity contribution in [2.45, 2.75) is 155 Å². The zero-order valence-corrected chi connectivity index (χ0v) is 24.1. The van der Waals surface area contributed by atoms with E-state index in [0.29, 0.717) is 0 Å². The molecule has 0 fully saturated rings. The number of unbranched alkanes of at least 4 members (excludes halogenated alkanes) is 15. The van der Waals surface area contributed by atoms with Crippen LogP contribution in [0.4, 0.5) is 0 Å². The molecule has 0 radical (unpaired) electrons. The predicted octanol–water partition coefficient (Wildman–Crippen LogP) is 9.11. The molecule has 2 rings (SSSR count). The molecule has 2 heteroatoms. The molecular formula is C34H58N2+2. The van der Waals surface area contributed by atoms with Crippen LogP contribution < -0.4 is 9.13 Å². The summed E-state index contributed by atoms with van der Waals surface area (Å²) in [7, 11) is 0. The fraction of sp³-hybridized carbons (Fsp3) is 0.706. The fourth-order valence-corrected chi connectivity index (χ4v) is 5.36. The van der Waals surface area contributed by atoms with Gasteiger partial charge in [-0.15, -0.1) is 0 Å². The zero-order chi connectivity index (χ0) is 25.5. The topological polar surface area (TPSA) is 7.76 Å². The van der Waals surface area contributed by atoms with Gasteiger partial charge in [-0.1, -0.05) is 116 Å². The molecule has 2 aromatic rings. The van der Waals surface area contributed by atoms with E-state index in [0.717, 1.165) is 13.1 Å². The second-order valence-electron chi connectivity index (χ2n) is 10.9. The van der Waals surface area contributed by atoms with E-state index in [4.69, 9.17) is 0 Å². The molecule has 0 aliphatic rings. The maximum absolute atomic E-state index is 2.51. The maximum Gasteiger partial charge on any atom is 0.181 e. The molecule has 0 atom stereocenters. The zero-order valence-electron chi connectivity index (χ0n) is 24.1. The minimum atomic E-state index is 1.15. The average molecular weight is 495 g/mol. The summed E-state index contributed by atoms with van der Waals surface area (Å²) >= 11 is 0. The van der Waals surface area contributed by atoms with Crippen molar-refractivity contribution in [1.29, 1.82) is 0 Å². The summed E-state index contributed by atoms with van der Waals surface area (Å²) in [5, 5.41) is 0. The smallest absolute Gasteiger partial charge is 0.181 e. The van der Waals surface area contributed by atoms with E-state index < -0.39 is 0 Å². The molecule has 2 heterocycles. The molecule has 0 bridgehead atoms. The van der Waals surface area contributed by atoms with E-state index in [2.05, 4.69) is 71.8 Å². The second-order valence-corrected chi connectivity index (χ2v) is 10.9. The molecule has 0 N–H and O–H groups in total. The van der Waals surface area contributed by atoms with E-state index in [1.165, 1.54) is 140 Å². The van der Waals surface area contributed by atoms with Crippen molar-refractivity contribution >= 4 is 0 Å². The van der Waals surface area contributed by atoms with Crippen molar-refractivity contribution in [3.63, 3.8) is 0 Å². The first kappa shape index (κ1) is 30.5. The van der Waals surface area contributed by atoms with E-state index in [1.54, 1.807) is 0 Å². The van der Waals surface area contributed by atoms with Gasteiger partial charge in [0, 0.05) is 49.9 Å². The van der Waals surface area contributed by atoms with Gasteiger partial charge in [0.2, 0.25) is 0 Å². The lowest BCUT2D eigenvalue weighted by molar-refractivity contribution is -0.715.